The normalized spacial score (nSPS) is 16.2. The summed E-state index contributed by atoms with van der Waals surface area (Å²) in [4.78, 5) is 0.362. The SMILES string of the molecule is C[C@H](Cn1cccn1)NS(=O)(=O)c1ccc2c(c1)CCCC2. The van der Waals surface area contributed by atoms with Crippen molar-refractivity contribution in [1.29, 1.82) is 0 Å². The van der Waals surface area contributed by atoms with Gasteiger partial charge in [-0.1, -0.05) is 6.07 Å². The molecule has 1 aliphatic rings. The van der Waals surface area contributed by atoms with Gasteiger partial charge in [0.2, 0.25) is 10.0 Å². The number of aromatic nitrogens is 2. The molecule has 0 aliphatic heterocycles. The van der Waals surface area contributed by atoms with Crippen LogP contribution < -0.4 is 4.72 Å². The molecule has 0 saturated carbocycles. The number of sulfonamides is 1. The highest BCUT2D eigenvalue weighted by atomic mass is 32.2. The van der Waals surface area contributed by atoms with Gasteiger partial charge in [-0.05, 0) is 61.9 Å². The van der Waals surface area contributed by atoms with Gasteiger partial charge in [-0.25, -0.2) is 13.1 Å². The molecule has 2 aromatic rings. The molecule has 1 aromatic carbocycles. The fourth-order valence-corrected chi connectivity index (χ4v) is 4.22. The third kappa shape index (κ3) is 3.39. The van der Waals surface area contributed by atoms with E-state index in [-0.39, 0.29) is 6.04 Å². The molecule has 0 spiro atoms. The lowest BCUT2D eigenvalue weighted by Gasteiger charge is -2.18. The maximum absolute atomic E-state index is 12.5. The molecule has 1 N–H and O–H groups in total. The van der Waals surface area contributed by atoms with Crippen molar-refractivity contribution in [2.24, 2.45) is 0 Å². The van der Waals surface area contributed by atoms with Crippen molar-refractivity contribution in [1.82, 2.24) is 14.5 Å². The van der Waals surface area contributed by atoms with Gasteiger partial charge in [0.1, 0.15) is 0 Å². The maximum atomic E-state index is 12.5. The lowest BCUT2D eigenvalue weighted by atomic mass is 9.92. The van der Waals surface area contributed by atoms with Crippen LogP contribution in [0.15, 0.2) is 41.6 Å². The van der Waals surface area contributed by atoms with Crippen LogP contribution in [0.2, 0.25) is 0 Å². The largest absolute Gasteiger partial charge is 0.271 e. The molecule has 0 saturated heterocycles. The Kier molecular flexibility index (Phi) is 4.31. The predicted molar refractivity (Wildman–Crippen MR) is 85.1 cm³/mol. The summed E-state index contributed by atoms with van der Waals surface area (Å²) < 4.78 is 29.5. The molecule has 3 rings (SSSR count). The Morgan fingerprint density at radius 2 is 2.05 bits per heavy atom. The van der Waals surface area contributed by atoms with Gasteiger partial charge in [0.15, 0.2) is 0 Å². The van der Waals surface area contributed by atoms with E-state index in [0.717, 1.165) is 19.3 Å². The Balaban J connectivity index is 1.74. The van der Waals surface area contributed by atoms with Gasteiger partial charge < -0.3 is 0 Å². The first-order chi connectivity index (χ1) is 10.5. The predicted octanol–water partition coefficient (Wildman–Crippen LogP) is 2.13. The van der Waals surface area contributed by atoms with Gasteiger partial charge in [-0.3, -0.25) is 4.68 Å². The molecule has 118 valence electrons. The molecule has 0 fully saturated rings. The number of hydrogen-bond acceptors (Lipinski definition) is 3. The highest BCUT2D eigenvalue weighted by molar-refractivity contribution is 7.89. The van der Waals surface area contributed by atoms with Crippen LogP contribution in [0.4, 0.5) is 0 Å². The van der Waals surface area contributed by atoms with E-state index < -0.39 is 10.0 Å². The summed E-state index contributed by atoms with van der Waals surface area (Å²) in [6.45, 7) is 2.36. The zero-order valence-electron chi connectivity index (χ0n) is 12.7. The first-order valence-corrected chi connectivity index (χ1v) is 9.14. The van der Waals surface area contributed by atoms with E-state index in [0.29, 0.717) is 11.4 Å². The Bertz CT molecular complexity index is 739. The number of aryl methyl sites for hydroxylation is 2. The second kappa shape index (κ2) is 6.22. The monoisotopic (exact) mass is 319 g/mol. The first kappa shape index (κ1) is 15.2. The van der Waals surface area contributed by atoms with Gasteiger partial charge in [0.25, 0.3) is 0 Å². The third-order valence-corrected chi connectivity index (χ3v) is 5.59. The summed E-state index contributed by atoms with van der Waals surface area (Å²) in [5, 5.41) is 4.10. The van der Waals surface area contributed by atoms with Crippen LogP contribution in [0.5, 0.6) is 0 Å². The maximum Gasteiger partial charge on any atom is 0.240 e. The summed E-state index contributed by atoms with van der Waals surface area (Å²) in [5.41, 5.74) is 2.46. The summed E-state index contributed by atoms with van der Waals surface area (Å²) in [5.74, 6) is 0. The van der Waals surface area contributed by atoms with Crippen LogP contribution in [0.3, 0.4) is 0 Å². The molecular weight excluding hydrogens is 298 g/mol. The van der Waals surface area contributed by atoms with Crippen LogP contribution in [0.1, 0.15) is 30.9 Å². The van der Waals surface area contributed by atoms with Crippen molar-refractivity contribution in [3.05, 3.63) is 47.8 Å². The van der Waals surface area contributed by atoms with Gasteiger partial charge >= 0.3 is 0 Å². The quantitative estimate of drug-likeness (QED) is 0.918. The number of benzene rings is 1. The smallest absolute Gasteiger partial charge is 0.240 e. The zero-order valence-corrected chi connectivity index (χ0v) is 13.5. The van der Waals surface area contributed by atoms with E-state index in [1.807, 2.05) is 31.3 Å². The summed E-state index contributed by atoms with van der Waals surface area (Å²) in [7, 11) is -3.49. The van der Waals surface area contributed by atoms with E-state index in [9.17, 15) is 8.42 Å². The third-order valence-electron chi connectivity index (χ3n) is 4.01. The molecule has 22 heavy (non-hydrogen) atoms. The van der Waals surface area contributed by atoms with Crippen LogP contribution in [0, 0.1) is 0 Å². The fraction of sp³-hybridized carbons (Fsp3) is 0.438. The minimum atomic E-state index is -3.49. The molecule has 5 nitrogen and oxygen atoms in total. The molecule has 6 heteroatoms. The number of rotatable bonds is 5. The summed E-state index contributed by atoms with van der Waals surface area (Å²) in [6, 6.07) is 7.11. The van der Waals surface area contributed by atoms with Crippen molar-refractivity contribution in [2.75, 3.05) is 0 Å². The number of nitrogens with zero attached hydrogens (tertiary/aromatic N) is 2. The van der Waals surface area contributed by atoms with Crippen LogP contribution >= 0.6 is 0 Å². The van der Waals surface area contributed by atoms with Gasteiger partial charge in [-0.15, -0.1) is 0 Å². The average molecular weight is 319 g/mol. The van der Waals surface area contributed by atoms with Crippen molar-refractivity contribution in [3.63, 3.8) is 0 Å². The molecule has 0 radical (unpaired) electrons. The molecule has 1 aliphatic carbocycles. The lowest BCUT2D eigenvalue weighted by Crippen LogP contribution is -2.35. The van der Waals surface area contributed by atoms with Crippen molar-refractivity contribution in [2.45, 2.75) is 50.1 Å². The first-order valence-electron chi connectivity index (χ1n) is 7.66. The van der Waals surface area contributed by atoms with E-state index >= 15 is 0 Å². The Labute approximate surface area is 131 Å². The number of fused-ring (bicyclic) bond motifs is 1. The Morgan fingerprint density at radius 3 is 2.77 bits per heavy atom. The molecule has 0 amide bonds. The zero-order chi connectivity index (χ0) is 15.6. The molecule has 1 heterocycles. The Morgan fingerprint density at radius 1 is 1.27 bits per heavy atom. The van der Waals surface area contributed by atoms with Crippen LogP contribution in [-0.4, -0.2) is 24.2 Å². The van der Waals surface area contributed by atoms with Crippen LogP contribution in [0.25, 0.3) is 0 Å². The number of nitrogens with one attached hydrogen (secondary N) is 1. The van der Waals surface area contributed by atoms with Gasteiger partial charge in [-0.2, -0.15) is 5.10 Å². The topological polar surface area (TPSA) is 64.0 Å². The van der Waals surface area contributed by atoms with E-state index in [1.165, 1.54) is 17.5 Å². The molecule has 0 bridgehead atoms. The van der Waals surface area contributed by atoms with E-state index in [1.54, 1.807) is 16.9 Å². The highest BCUT2D eigenvalue weighted by Crippen LogP contribution is 2.24. The Hall–Kier alpha value is -1.66. The second-order valence-electron chi connectivity index (χ2n) is 5.89. The summed E-state index contributed by atoms with van der Waals surface area (Å²) >= 11 is 0. The van der Waals surface area contributed by atoms with Crippen molar-refractivity contribution >= 4 is 10.0 Å². The van der Waals surface area contributed by atoms with Gasteiger partial charge in [0, 0.05) is 18.4 Å². The molecular formula is C16H21N3O2S. The van der Waals surface area contributed by atoms with Crippen molar-refractivity contribution in [3.8, 4) is 0 Å². The minimum Gasteiger partial charge on any atom is -0.271 e. The van der Waals surface area contributed by atoms with E-state index in [4.69, 9.17) is 0 Å². The highest BCUT2D eigenvalue weighted by Gasteiger charge is 2.20. The number of hydrogen-bond donors (Lipinski definition) is 1. The average Bonchev–Trinajstić information content (AvgIpc) is 2.99. The second-order valence-corrected chi connectivity index (χ2v) is 7.60. The molecule has 0 unspecified atom stereocenters. The van der Waals surface area contributed by atoms with E-state index in [2.05, 4.69) is 9.82 Å². The standard InChI is InChI=1S/C16H21N3O2S/c1-13(12-19-10-4-9-17-19)18-22(20,21)16-8-7-14-5-2-3-6-15(14)11-16/h4,7-11,13,18H,2-3,5-6,12H2,1H3/t13-/m1/s1. The minimum absolute atomic E-state index is 0.221. The lowest BCUT2D eigenvalue weighted by molar-refractivity contribution is 0.494. The molecule has 1 aromatic heterocycles. The summed E-state index contributed by atoms with van der Waals surface area (Å²) in [6.07, 6.45) is 7.87. The van der Waals surface area contributed by atoms with Crippen molar-refractivity contribution < 1.29 is 8.42 Å². The fourth-order valence-electron chi connectivity index (χ4n) is 2.94. The van der Waals surface area contributed by atoms with Crippen LogP contribution in [-0.2, 0) is 29.4 Å². The van der Waals surface area contributed by atoms with Gasteiger partial charge in [0.05, 0.1) is 11.4 Å². The molecule has 1 atom stereocenters.